The van der Waals surface area contributed by atoms with E-state index in [2.05, 4.69) is 123 Å². The van der Waals surface area contributed by atoms with E-state index in [-0.39, 0.29) is 0 Å². The second-order valence-electron chi connectivity index (χ2n) is 10.8. The van der Waals surface area contributed by atoms with Crippen LogP contribution < -0.4 is 0 Å². The lowest BCUT2D eigenvalue weighted by Crippen LogP contribution is -2.37. The summed E-state index contributed by atoms with van der Waals surface area (Å²) in [6.07, 6.45) is 6.18. The molecule has 0 unspecified atom stereocenters. The van der Waals surface area contributed by atoms with Gasteiger partial charge in [0.25, 0.3) is 0 Å². The van der Waals surface area contributed by atoms with Crippen LogP contribution in [0.4, 0.5) is 0 Å². The smallest absolute Gasteiger partial charge is 0.0245 e. The molecular formula is C39H45N3. The van der Waals surface area contributed by atoms with Crippen molar-refractivity contribution in [2.45, 2.75) is 38.5 Å². The molecule has 0 aliphatic carbocycles. The molecule has 0 spiro atoms. The maximum absolute atomic E-state index is 3.38. The average molecular weight is 556 g/mol. The minimum atomic E-state index is 0.943. The summed E-state index contributed by atoms with van der Waals surface area (Å²) < 4.78 is 0. The molecule has 0 saturated carbocycles. The van der Waals surface area contributed by atoms with Crippen LogP contribution >= 0.6 is 0 Å². The molecule has 1 aliphatic rings. The number of unbranched alkanes of at least 4 members (excludes halogenated alkanes) is 3. The zero-order valence-corrected chi connectivity index (χ0v) is 25.1. The van der Waals surface area contributed by atoms with Gasteiger partial charge in [-0.3, -0.25) is 0 Å². The largest absolute Gasteiger partial charge is 0.301 e. The third-order valence-corrected chi connectivity index (χ3v) is 7.55. The van der Waals surface area contributed by atoms with Crippen LogP contribution in [0.3, 0.4) is 0 Å². The molecule has 0 atom stereocenters. The molecule has 1 saturated heterocycles. The molecule has 3 aromatic carbocycles. The topological polar surface area (TPSA) is 9.72 Å². The molecule has 0 radical (unpaired) electrons. The zero-order valence-electron chi connectivity index (χ0n) is 25.1. The molecule has 0 aromatic heterocycles. The van der Waals surface area contributed by atoms with Crippen molar-refractivity contribution in [3.8, 4) is 35.5 Å². The van der Waals surface area contributed by atoms with Crippen LogP contribution in [-0.4, -0.2) is 73.6 Å². The summed E-state index contributed by atoms with van der Waals surface area (Å²) in [5.41, 5.74) is 3.32. The predicted octanol–water partition coefficient (Wildman–Crippen LogP) is 6.40. The van der Waals surface area contributed by atoms with Gasteiger partial charge in [0.15, 0.2) is 0 Å². The van der Waals surface area contributed by atoms with Crippen LogP contribution in [0.25, 0.3) is 0 Å². The van der Waals surface area contributed by atoms with Gasteiger partial charge in [0.05, 0.1) is 0 Å². The van der Waals surface area contributed by atoms with E-state index < -0.39 is 0 Å². The van der Waals surface area contributed by atoms with Crippen LogP contribution in [-0.2, 0) is 0 Å². The lowest BCUT2D eigenvalue weighted by molar-refractivity contribution is 0.217. The Bertz CT molecular complexity index is 1150. The van der Waals surface area contributed by atoms with Crippen molar-refractivity contribution in [1.82, 2.24) is 14.7 Å². The monoisotopic (exact) mass is 555 g/mol. The molecule has 1 aliphatic heterocycles. The molecular weight excluding hydrogens is 510 g/mol. The highest BCUT2D eigenvalue weighted by molar-refractivity contribution is 5.34. The van der Waals surface area contributed by atoms with E-state index in [1.54, 1.807) is 0 Å². The summed E-state index contributed by atoms with van der Waals surface area (Å²) in [5.74, 6) is 20.1. The third-order valence-electron chi connectivity index (χ3n) is 7.55. The molecule has 3 heteroatoms. The summed E-state index contributed by atoms with van der Waals surface area (Å²) in [7, 11) is 0. The summed E-state index contributed by atoms with van der Waals surface area (Å²) in [6.45, 7) is 10.1. The Morgan fingerprint density at radius 3 is 0.905 bits per heavy atom. The molecule has 1 fully saturated rings. The molecule has 4 rings (SSSR count). The second kappa shape index (κ2) is 19.4. The quantitative estimate of drug-likeness (QED) is 0.223. The standard InChI is InChI=1S/C39H45N3/c1-7-19-37(20-8-1)25-13-4-16-28-40-31-33-41(29-17-5-14-26-38-21-9-2-10-22-38)35-36-42(34-32-40)30-18-6-15-27-39-23-11-3-12-24-39/h1-3,7-12,19-24H,4-6,16-18,28-36H2. The van der Waals surface area contributed by atoms with Crippen LogP contribution in [0.1, 0.15) is 55.2 Å². The van der Waals surface area contributed by atoms with Crippen molar-refractivity contribution in [3.05, 3.63) is 108 Å². The third kappa shape index (κ3) is 12.8. The van der Waals surface area contributed by atoms with Crippen molar-refractivity contribution in [1.29, 1.82) is 0 Å². The van der Waals surface area contributed by atoms with Crippen molar-refractivity contribution in [3.63, 3.8) is 0 Å². The van der Waals surface area contributed by atoms with E-state index >= 15 is 0 Å². The van der Waals surface area contributed by atoms with Crippen molar-refractivity contribution < 1.29 is 0 Å². The first-order valence-electron chi connectivity index (χ1n) is 15.6. The van der Waals surface area contributed by atoms with Gasteiger partial charge in [-0.05, 0) is 75.3 Å². The summed E-state index contributed by atoms with van der Waals surface area (Å²) in [5, 5.41) is 0. The Kier molecular flexibility index (Phi) is 14.4. The van der Waals surface area contributed by atoms with Crippen LogP contribution in [0.5, 0.6) is 0 Å². The minimum Gasteiger partial charge on any atom is -0.301 e. The zero-order chi connectivity index (χ0) is 28.9. The fraction of sp³-hybridized carbons (Fsp3) is 0.385. The average Bonchev–Trinajstić information content (AvgIpc) is 3.13. The van der Waals surface area contributed by atoms with Crippen LogP contribution in [0.15, 0.2) is 91.0 Å². The predicted molar refractivity (Wildman–Crippen MR) is 177 cm³/mol. The summed E-state index contributed by atoms with van der Waals surface area (Å²) in [6, 6.07) is 30.9. The first-order valence-corrected chi connectivity index (χ1v) is 15.6. The van der Waals surface area contributed by atoms with Gasteiger partial charge in [-0.1, -0.05) is 90.1 Å². The van der Waals surface area contributed by atoms with E-state index in [4.69, 9.17) is 0 Å². The Morgan fingerprint density at radius 2 is 0.643 bits per heavy atom. The summed E-state index contributed by atoms with van der Waals surface area (Å²) in [4.78, 5) is 7.96. The molecule has 0 N–H and O–H groups in total. The SMILES string of the molecule is C(#Cc1ccccc1)CCCN1CCN(CCCC#Cc2ccccc2)CCN(CCCC#Cc2ccccc2)CC1. The number of nitrogens with zero attached hydrogens (tertiary/aromatic N) is 3. The normalized spacial score (nSPS) is 14.6. The highest BCUT2D eigenvalue weighted by Crippen LogP contribution is 2.06. The highest BCUT2D eigenvalue weighted by Gasteiger charge is 2.16. The van der Waals surface area contributed by atoms with Crippen LogP contribution in [0, 0.1) is 35.5 Å². The van der Waals surface area contributed by atoms with Crippen LogP contribution in [0.2, 0.25) is 0 Å². The van der Waals surface area contributed by atoms with E-state index in [0.717, 1.165) is 114 Å². The summed E-state index contributed by atoms with van der Waals surface area (Å²) >= 11 is 0. The van der Waals surface area contributed by atoms with Gasteiger partial charge in [-0.25, -0.2) is 0 Å². The Labute approximate surface area is 254 Å². The first-order chi connectivity index (χ1) is 20.8. The number of hydrogen-bond acceptors (Lipinski definition) is 3. The molecule has 3 aromatic rings. The van der Waals surface area contributed by atoms with Gasteiger partial charge in [-0.2, -0.15) is 0 Å². The lowest BCUT2D eigenvalue weighted by Gasteiger charge is -2.25. The first kappa shape index (κ1) is 31.2. The van der Waals surface area contributed by atoms with Crippen molar-refractivity contribution >= 4 is 0 Å². The fourth-order valence-electron chi connectivity index (χ4n) is 5.09. The van der Waals surface area contributed by atoms with E-state index in [0.29, 0.717) is 0 Å². The van der Waals surface area contributed by atoms with Gasteiger partial charge in [-0.15, -0.1) is 0 Å². The highest BCUT2D eigenvalue weighted by atomic mass is 15.3. The maximum Gasteiger partial charge on any atom is 0.0245 e. The molecule has 1 heterocycles. The van der Waals surface area contributed by atoms with Crippen molar-refractivity contribution in [2.75, 3.05) is 58.9 Å². The second-order valence-corrected chi connectivity index (χ2v) is 10.8. The number of hydrogen-bond donors (Lipinski definition) is 0. The van der Waals surface area contributed by atoms with Gasteiger partial charge in [0.2, 0.25) is 0 Å². The molecule has 3 nitrogen and oxygen atoms in total. The van der Waals surface area contributed by atoms with Gasteiger partial charge in [0, 0.05) is 75.2 Å². The Hall–Kier alpha value is -3.78. The molecule has 0 bridgehead atoms. The molecule has 216 valence electrons. The van der Waals surface area contributed by atoms with Gasteiger partial charge < -0.3 is 14.7 Å². The van der Waals surface area contributed by atoms with Crippen molar-refractivity contribution in [2.24, 2.45) is 0 Å². The minimum absolute atomic E-state index is 0.943. The molecule has 42 heavy (non-hydrogen) atoms. The Balaban J connectivity index is 1.25. The maximum atomic E-state index is 3.38. The van der Waals surface area contributed by atoms with Gasteiger partial charge in [0.1, 0.15) is 0 Å². The lowest BCUT2D eigenvalue weighted by atomic mass is 10.2. The van der Waals surface area contributed by atoms with E-state index in [1.807, 2.05) is 18.2 Å². The van der Waals surface area contributed by atoms with Gasteiger partial charge >= 0.3 is 0 Å². The fourth-order valence-corrected chi connectivity index (χ4v) is 5.09. The Morgan fingerprint density at radius 1 is 0.381 bits per heavy atom. The van der Waals surface area contributed by atoms with E-state index in [1.165, 1.54) is 0 Å². The number of rotatable bonds is 9. The van der Waals surface area contributed by atoms with E-state index in [9.17, 15) is 0 Å². The molecule has 0 amide bonds. The number of benzene rings is 3.